The average molecular weight is 425 g/mol. The number of imidazole rings is 1. The van der Waals surface area contributed by atoms with E-state index in [4.69, 9.17) is 0 Å². The number of anilines is 1. The lowest BCUT2D eigenvalue weighted by atomic mass is 9.98. The van der Waals surface area contributed by atoms with Gasteiger partial charge in [-0.25, -0.2) is 9.78 Å². The number of carbonyl (C=O) groups is 2. The van der Waals surface area contributed by atoms with Gasteiger partial charge >= 0.3 is 5.97 Å². The molecule has 0 aliphatic carbocycles. The highest BCUT2D eigenvalue weighted by Crippen LogP contribution is 2.27. The monoisotopic (exact) mass is 424 g/mol. The predicted octanol–water partition coefficient (Wildman–Crippen LogP) is 3.62. The Morgan fingerprint density at radius 1 is 1.20 bits per heavy atom. The number of aliphatic carboxylic acids is 1. The van der Waals surface area contributed by atoms with Gasteiger partial charge in [0.25, 0.3) is 5.91 Å². The molecule has 0 aliphatic rings. The number of thioether (sulfide) groups is 1. The molecule has 30 heavy (non-hydrogen) atoms. The van der Waals surface area contributed by atoms with Gasteiger partial charge in [-0.1, -0.05) is 30.3 Å². The Morgan fingerprint density at radius 2 is 2.00 bits per heavy atom. The summed E-state index contributed by atoms with van der Waals surface area (Å²) in [7, 11) is 0. The van der Waals surface area contributed by atoms with Crippen LogP contribution in [0.3, 0.4) is 0 Å². The van der Waals surface area contributed by atoms with Crippen LogP contribution in [-0.2, 0) is 11.3 Å². The Labute approximate surface area is 179 Å². The number of nitrogens with one attached hydrogen (secondary N) is 3. The van der Waals surface area contributed by atoms with E-state index in [2.05, 4.69) is 20.6 Å². The van der Waals surface area contributed by atoms with E-state index in [0.717, 1.165) is 22.5 Å². The topological polar surface area (TPSA) is 107 Å². The van der Waals surface area contributed by atoms with E-state index < -0.39 is 17.9 Å². The number of hydrogen-bond donors (Lipinski definition) is 4. The molecule has 0 bridgehead atoms. The smallest absolute Gasteiger partial charge is 0.326 e. The molecule has 1 heterocycles. The second-order valence-corrected chi connectivity index (χ2v) is 7.69. The van der Waals surface area contributed by atoms with E-state index in [1.807, 2.05) is 48.7 Å². The fourth-order valence-electron chi connectivity index (χ4n) is 3.02. The summed E-state index contributed by atoms with van der Waals surface area (Å²) in [5.74, 6) is -0.779. The molecule has 0 fully saturated rings. The summed E-state index contributed by atoms with van der Waals surface area (Å²) in [6.45, 7) is 0.565. The molecule has 0 spiro atoms. The number of H-pyrrole nitrogens is 1. The summed E-state index contributed by atoms with van der Waals surface area (Å²) in [5.41, 5.74) is 3.83. The maximum Gasteiger partial charge on any atom is 0.326 e. The van der Waals surface area contributed by atoms with Gasteiger partial charge in [0, 0.05) is 17.4 Å². The lowest BCUT2D eigenvalue weighted by molar-refractivity contribution is -0.139. The van der Waals surface area contributed by atoms with Crippen LogP contribution in [0.4, 0.5) is 5.69 Å². The number of benzene rings is 2. The molecule has 0 unspecified atom stereocenters. The van der Waals surface area contributed by atoms with Crippen LogP contribution in [0, 0.1) is 0 Å². The summed E-state index contributed by atoms with van der Waals surface area (Å²) in [4.78, 5) is 31.5. The summed E-state index contributed by atoms with van der Waals surface area (Å²) < 4.78 is 0. The van der Waals surface area contributed by atoms with Gasteiger partial charge in [0.1, 0.15) is 6.04 Å². The molecule has 0 saturated carbocycles. The van der Waals surface area contributed by atoms with Gasteiger partial charge in [0.2, 0.25) is 0 Å². The first-order valence-corrected chi connectivity index (χ1v) is 10.9. The van der Waals surface area contributed by atoms with E-state index in [-0.39, 0.29) is 0 Å². The molecule has 2 aromatic carbocycles. The Bertz CT molecular complexity index is 977. The minimum absolute atomic E-state index is 0.368. The van der Waals surface area contributed by atoms with Crippen molar-refractivity contribution < 1.29 is 14.7 Å². The molecule has 3 aromatic rings. The molecule has 1 aromatic heterocycles. The largest absolute Gasteiger partial charge is 0.480 e. The van der Waals surface area contributed by atoms with Crippen LogP contribution >= 0.6 is 11.8 Å². The van der Waals surface area contributed by atoms with Crippen molar-refractivity contribution in [3.8, 4) is 11.1 Å². The third-order valence-electron chi connectivity index (χ3n) is 4.60. The highest BCUT2D eigenvalue weighted by molar-refractivity contribution is 7.98. The van der Waals surface area contributed by atoms with E-state index in [1.165, 1.54) is 0 Å². The van der Waals surface area contributed by atoms with Gasteiger partial charge in [-0.05, 0) is 47.8 Å². The molecule has 1 amide bonds. The number of carbonyl (C=O) groups excluding carboxylic acids is 1. The van der Waals surface area contributed by atoms with Crippen LogP contribution in [0.1, 0.15) is 22.5 Å². The number of hydrogen-bond acceptors (Lipinski definition) is 5. The van der Waals surface area contributed by atoms with Gasteiger partial charge < -0.3 is 20.7 Å². The normalized spacial score (nSPS) is 11.6. The lowest BCUT2D eigenvalue weighted by Gasteiger charge is -2.17. The molecule has 7 nitrogen and oxygen atoms in total. The first kappa shape index (κ1) is 21.4. The zero-order valence-corrected chi connectivity index (χ0v) is 17.4. The highest BCUT2D eigenvalue weighted by Gasteiger charge is 2.22. The summed E-state index contributed by atoms with van der Waals surface area (Å²) in [6.07, 6.45) is 5.64. The number of amides is 1. The highest BCUT2D eigenvalue weighted by atomic mass is 32.2. The molecule has 0 saturated heterocycles. The van der Waals surface area contributed by atoms with Crippen molar-refractivity contribution in [2.24, 2.45) is 0 Å². The minimum atomic E-state index is -1.03. The number of nitrogens with zero attached hydrogens (tertiary/aromatic N) is 1. The summed E-state index contributed by atoms with van der Waals surface area (Å²) in [6, 6.07) is 14.1. The van der Waals surface area contributed by atoms with Gasteiger partial charge in [0.05, 0.1) is 18.6 Å². The molecule has 3 rings (SSSR count). The minimum Gasteiger partial charge on any atom is -0.480 e. The van der Waals surface area contributed by atoms with E-state index in [9.17, 15) is 14.7 Å². The fraction of sp³-hybridized carbons (Fsp3) is 0.227. The second kappa shape index (κ2) is 10.5. The Kier molecular flexibility index (Phi) is 7.51. The number of rotatable bonds is 10. The SMILES string of the molecule is CSCC[C@H](NC(=O)c1ccc(NCc2cnc[nH]2)cc1-c1ccccc1)C(=O)O. The molecule has 4 N–H and O–H groups in total. The average Bonchev–Trinajstić information content (AvgIpc) is 3.29. The Balaban J connectivity index is 1.86. The number of aromatic amines is 1. The zero-order chi connectivity index (χ0) is 21.3. The number of carboxylic acids is 1. The fourth-order valence-corrected chi connectivity index (χ4v) is 3.49. The van der Waals surface area contributed by atoms with Crippen molar-refractivity contribution in [3.63, 3.8) is 0 Å². The molecule has 156 valence electrons. The third kappa shape index (κ3) is 5.64. The van der Waals surface area contributed by atoms with E-state index in [1.54, 1.807) is 30.4 Å². The van der Waals surface area contributed by atoms with Crippen molar-refractivity contribution >= 4 is 29.3 Å². The Hall–Kier alpha value is -3.26. The predicted molar refractivity (Wildman–Crippen MR) is 120 cm³/mol. The quantitative estimate of drug-likeness (QED) is 0.396. The van der Waals surface area contributed by atoms with Crippen molar-refractivity contribution in [2.75, 3.05) is 17.3 Å². The van der Waals surface area contributed by atoms with Gasteiger partial charge in [0.15, 0.2) is 0 Å². The standard InChI is InChI=1S/C22H24N4O3S/c1-30-10-9-20(22(28)29)26-21(27)18-8-7-16(24-13-17-12-23-14-25-17)11-19(18)15-5-3-2-4-6-15/h2-8,11-12,14,20,24H,9-10,13H2,1H3,(H,23,25)(H,26,27)(H,28,29)/t20-/m0/s1. The molecule has 1 atom stereocenters. The zero-order valence-electron chi connectivity index (χ0n) is 16.6. The van der Waals surface area contributed by atoms with Gasteiger partial charge in [-0.15, -0.1) is 0 Å². The van der Waals surface area contributed by atoms with Crippen molar-refractivity contribution in [1.29, 1.82) is 0 Å². The molecular weight excluding hydrogens is 400 g/mol. The van der Waals surface area contributed by atoms with Crippen molar-refractivity contribution in [2.45, 2.75) is 19.0 Å². The summed E-state index contributed by atoms with van der Waals surface area (Å²) in [5, 5.41) is 15.4. The maximum atomic E-state index is 13.0. The number of carboxylic acid groups (broad SMARTS) is 1. The van der Waals surface area contributed by atoms with Gasteiger partial charge in [-0.3, -0.25) is 4.79 Å². The van der Waals surface area contributed by atoms with Crippen LogP contribution in [0.5, 0.6) is 0 Å². The van der Waals surface area contributed by atoms with E-state index in [0.29, 0.717) is 24.3 Å². The molecule has 0 aliphatic heterocycles. The summed E-state index contributed by atoms with van der Waals surface area (Å²) >= 11 is 1.55. The first-order chi connectivity index (χ1) is 14.6. The lowest BCUT2D eigenvalue weighted by Crippen LogP contribution is -2.41. The molecule has 8 heteroatoms. The van der Waals surface area contributed by atoms with Crippen LogP contribution in [-0.4, -0.2) is 45.0 Å². The van der Waals surface area contributed by atoms with Gasteiger partial charge in [-0.2, -0.15) is 11.8 Å². The van der Waals surface area contributed by atoms with Crippen molar-refractivity contribution in [3.05, 3.63) is 72.3 Å². The maximum absolute atomic E-state index is 13.0. The first-order valence-electron chi connectivity index (χ1n) is 9.51. The molecular formula is C22H24N4O3S. The van der Waals surface area contributed by atoms with Crippen LogP contribution < -0.4 is 10.6 Å². The van der Waals surface area contributed by atoms with E-state index >= 15 is 0 Å². The van der Waals surface area contributed by atoms with Crippen molar-refractivity contribution in [1.82, 2.24) is 15.3 Å². The Morgan fingerprint density at radius 3 is 2.67 bits per heavy atom. The third-order valence-corrected chi connectivity index (χ3v) is 5.24. The number of aromatic nitrogens is 2. The molecule has 0 radical (unpaired) electrons. The van der Waals surface area contributed by atoms with Crippen LogP contribution in [0.2, 0.25) is 0 Å². The van der Waals surface area contributed by atoms with Crippen LogP contribution in [0.15, 0.2) is 61.1 Å². The van der Waals surface area contributed by atoms with Crippen LogP contribution in [0.25, 0.3) is 11.1 Å². The second-order valence-electron chi connectivity index (χ2n) is 6.70.